The number of hydrogen-bond acceptors (Lipinski definition) is 3. The topological polar surface area (TPSA) is 70.6 Å². The van der Waals surface area contributed by atoms with Crippen molar-refractivity contribution in [2.75, 3.05) is 18.1 Å². The van der Waals surface area contributed by atoms with Crippen LogP contribution in [0.3, 0.4) is 0 Å². The molecule has 2 N–H and O–H groups in total. The molecular weight excluding hydrogens is 298 g/mol. The minimum absolute atomic E-state index is 0.0378. The van der Waals surface area contributed by atoms with E-state index in [0.29, 0.717) is 18.9 Å². The van der Waals surface area contributed by atoms with Crippen molar-refractivity contribution in [1.82, 2.24) is 10.6 Å². The van der Waals surface area contributed by atoms with Gasteiger partial charge in [-0.15, -0.1) is 0 Å². The summed E-state index contributed by atoms with van der Waals surface area (Å²) in [4.78, 5) is 4.60. The normalized spacial score (nSPS) is 20.8. The molecule has 2 rings (SSSR count). The second-order valence-electron chi connectivity index (χ2n) is 5.56. The van der Waals surface area contributed by atoms with Gasteiger partial charge in [0.2, 0.25) is 0 Å². The summed E-state index contributed by atoms with van der Waals surface area (Å²) in [6.45, 7) is 5.48. The van der Waals surface area contributed by atoms with E-state index in [0.717, 1.165) is 13.0 Å². The maximum Gasteiger partial charge on any atom is 0.191 e. The van der Waals surface area contributed by atoms with Crippen LogP contribution < -0.4 is 10.6 Å². The number of nitrogens with one attached hydrogen (secondary N) is 2. The maximum absolute atomic E-state index is 11.5. The molecule has 1 aliphatic rings. The van der Waals surface area contributed by atoms with E-state index in [1.807, 2.05) is 19.1 Å². The van der Waals surface area contributed by atoms with Gasteiger partial charge in [0.25, 0.3) is 0 Å². The van der Waals surface area contributed by atoms with E-state index >= 15 is 0 Å². The average Bonchev–Trinajstić information content (AvgIpc) is 2.84. The predicted molar refractivity (Wildman–Crippen MR) is 90.8 cm³/mol. The van der Waals surface area contributed by atoms with E-state index in [-0.39, 0.29) is 17.5 Å². The lowest BCUT2D eigenvalue weighted by atomic mass is 10.1. The van der Waals surface area contributed by atoms with Crippen LogP contribution in [-0.2, 0) is 22.8 Å². The van der Waals surface area contributed by atoms with Crippen LogP contribution in [0.4, 0.5) is 0 Å². The van der Waals surface area contributed by atoms with E-state index in [4.69, 9.17) is 0 Å². The first kappa shape index (κ1) is 16.8. The fourth-order valence-electron chi connectivity index (χ4n) is 2.64. The van der Waals surface area contributed by atoms with Crippen LogP contribution >= 0.6 is 0 Å². The molecule has 0 aromatic heterocycles. The van der Waals surface area contributed by atoms with Crippen LogP contribution in [0.5, 0.6) is 0 Å². The number of sulfone groups is 1. The minimum atomic E-state index is -2.88. The number of guanidine groups is 1. The standard InChI is InChI=1S/C16H25N3O2S/c1-3-13-7-5-6-8-14(13)11-18-16(17-4-2)19-15-9-10-22(20,21)12-15/h5-8,15H,3-4,9-12H2,1-2H3,(H2,17,18,19). The Morgan fingerprint density at radius 3 is 2.59 bits per heavy atom. The third-order valence-corrected chi connectivity index (χ3v) is 5.59. The highest BCUT2D eigenvalue weighted by Gasteiger charge is 2.28. The van der Waals surface area contributed by atoms with E-state index in [1.165, 1.54) is 11.1 Å². The third kappa shape index (κ3) is 4.73. The number of rotatable bonds is 5. The Labute approximate surface area is 133 Å². The van der Waals surface area contributed by atoms with Crippen LogP contribution in [-0.4, -0.2) is 38.5 Å². The largest absolute Gasteiger partial charge is 0.357 e. The Morgan fingerprint density at radius 1 is 1.27 bits per heavy atom. The number of aliphatic imine (C=N–C) groups is 1. The van der Waals surface area contributed by atoms with Crippen molar-refractivity contribution in [1.29, 1.82) is 0 Å². The van der Waals surface area contributed by atoms with Crippen LogP contribution in [0.2, 0.25) is 0 Å². The molecule has 0 spiro atoms. The van der Waals surface area contributed by atoms with Gasteiger partial charge >= 0.3 is 0 Å². The molecule has 0 bridgehead atoms. The Balaban J connectivity index is 2.04. The molecule has 6 heteroatoms. The van der Waals surface area contributed by atoms with Gasteiger partial charge in [-0.1, -0.05) is 31.2 Å². The second-order valence-corrected chi connectivity index (χ2v) is 7.79. The fourth-order valence-corrected chi connectivity index (χ4v) is 4.32. The molecule has 22 heavy (non-hydrogen) atoms. The number of nitrogens with zero attached hydrogens (tertiary/aromatic N) is 1. The molecular formula is C16H25N3O2S. The molecule has 5 nitrogen and oxygen atoms in total. The lowest BCUT2D eigenvalue weighted by Gasteiger charge is -2.16. The van der Waals surface area contributed by atoms with Gasteiger partial charge in [0, 0.05) is 12.6 Å². The highest BCUT2D eigenvalue weighted by molar-refractivity contribution is 7.91. The molecule has 1 heterocycles. The van der Waals surface area contributed by atoms with Crippen LogP contribution in [0, 0.1) is 0 Å². The summed E-state index contributed by atoms with van der Waals surface area (Å²) >= 11 is 0. The molecule has 0 amide bonds. The van der Waals surface area contributed by atoms with Crippen molar-refractivity contribution in [3.63, 3.8) is 0 Å². The molecule has 0 saturated carbocycles. The molecule has 1 aromatic carbocycles. The molecule has 0 aliphatic carbocycles. The monoisotopic (exact) mass is 323 g/mol. The highest BCUT2D eigenvalue weighted by Crippen LogP contribution is 2.12. The van der Waals surface area contributed by atoms with Crippen molar-refractivity contribution in [3.05, 3.63) is 35.4 Å². The molecule has 1 aliphatic heterocycles. The molecule has 122 valence electrons. The lowest BCUT2D eigenvalue weighted by molar-refractivity contribution is 0.599. The van der Waals surface area contributed by atoms with Gasteiger partial charge in [0.1, 0.15) is 0 Å². The van der Waals surface area contributed by atoms with Crippen LogP contribution in [0.25, 0.3) is 0 Å². The summed E-state index contributed by atoms with van der Waals surface area (Å²) in [5, 5.41) is 6.43. The zero-order valence-corrected chi connectivity index (χ0v) is 14.1. The summed E-state index contributed by atoms with van der Waals surface area (Å²) in [6.07, 6.45) is 1.63. The van der Waals surface area contributed by atoms with E-state index in [9.17, 15) is 8.42 Å². The van der Waals surface area contributed by atoms with Gasteiger partial charge in [0.15, 0.2) is 15.8 Å². The Hall–Kier alpha value is -1.56. The summed E-state index contributed by atoms with van der Waals surface area (Å²) in [7, 11) is -2.88. The van der Waals surface area contributed by atoms with Gasteiger partial charge in [-0.05, 0) is 30.9 Å². The van der Waals surface area contributed by atoms with Crippen molar-refractivity contribution >= 4 is 15.8 Å². The van der Waals surface area contributed by atoms with Gasteiger partial charge in [-0.2, -0.15) is 0 Å². The molecule has 1 unspecified atom stereocenters. The fraction of sp³-hybridized carbons (Fsp3) is 0.562. The van der Waals surface area contributed by atoms with Crippen molar-refractivity contribution < 1.29 is 8.42 Å². The number of benzene rings is 1. The Bertz CT molecular complexity index is 626. The first-order valence-corrected chi connectivity index (χ1v) is 9.68. The second kappa shape index (κ2) is 7.63. The molecule has 0 radical (unpaired) electrons. The third-order valence-electron chi connectivity index (χ3n) is 3.82. The molecule has 1 saturated heterocycles. The highest BCUT2D eigenvalue weighted by atomic mass is 32.2. The lowest BCUT2D eigenvalue weighted by Crippen LogP contribution is -2.44. The summed E-state index contributed by atoms with van der Waals surface area (Å²) < 4.78 is 23.1. The number of hydrogen-bond donors (Lipinski definition) is 2. The van der Waals surface area contributed by atoms with Crippen molar-refractivity contribution in [2.24, 2.45) is 4.99 Å². The average molecular weight is 323 g/mol. The number of aryl methyl sites for hydroxylation is 1. The first-order chi connectivity index (χ1) is 10.5. The SMILES string of the molecule is CCNC(=NCc1ccccc1CC)NC1CCS(=O)(=O)C1. The summed E-state index contributed by atoms with van der Waals surface area (Å²) in [5.74, 6) is 1.15. The molecule has 1 fully saturated rings. The van der Waals surface area contributed by atoms with Crippen molar-refractivity contribution in [2.45, 2.75) is 39.3 Å². The predicted octanol–water partition coefficient (Wildman–Crippen LogP) is 1.49. The minimum Gasteiger partial charge on any atom is -0.357 e. The van der Waals surface area contributed by atoms with Gasteiger partial charge < -0.3 is 10.6 Å². The Morgan fingerprint density at radius 2 is 2.00 bits per heavy atom. The Kier molecular flexibility index (Phi) is 5.83. The zero-order chi connectivity index (χ0) is 16.0. The van der Waals surface area contributed by atoms with Crippen molar-refractivity contribution in [3.8, 4) is 0 Å². The maximum atomic E-state index is 11.5. The molecule has 1 aromatic rings. The molecule has 1 atom stereocenters. The van der Waals surface area contributed by atoms with E-state index < -0.39 is 9.84 Å². The van der Waals surface area contributed by atoms with Crippen LogP contribution in [0.1, 0.15) is 31.4 Å². The van der Waals surface area contributed by atoms with E-state index in [1.54, 1.807) is 0 Å². The van der Waals surface area contributed by atoms with Gasteiger partial charge in [-0.25, -0.2) is 13.4 Å². The summed E-state index contributed by atoms with van der Waals surface area (Å²) in [6, 6.07) is 8.23. The first-order valence-electron chi connectivity index (χ1n) is 7.86. The van der Waals surface area contributed by atoms with Gasteiger partial charge in [-0.3, -0.25) is 0 Å². The van der Waals surface area contributed by atoms with Crippen LogP contribution in [0.15, 0.2) is 29.3 Å². The smallest absolute Gasteiger partial charge is 0.191 e. The zero-order valence-electron chi connectivity index (χ0n) is 13.3. The summed E-state index contributed by atoms with van der Waals surface area (Å²) in [5.41, 5.74) is 2.51. The van der Waals surface area contributed by atoms with E-state index in [2.05, 4.69) is 34.7 Å². The quantitative estimate of drug-likeness (QED) is 0.636. The van der Waals surface area contributed by atoms with Gasteiger partial charge in [0.05, 0.1) is 18.1 Å².